The summed E-state index contributed by atoms with van der Waals surface area (Å²) in [5.41, 5.74) is 3.81. The lowest BCUT2D eigenvalue weighted by atomic mass is 10.1. The summed E-state index contributed by atoms with van der Waals surface area (Å²) in [4.78, 5) is 12.9. The Morgan fingerprint density at radius 1 is 1.08 bits per heavy atom. The molecule has 5 heteroatoms. The molecule has 5 nitrogen and oxygen atoms in total. The maximum atomic E-state index is 11.6. The predicted molar refractivity (Wildman–Crippen MR) is 96.1 cm³/mol. The molecular weight excluding hydrogens is 314 g/mol. The fourth-order valence-electron chi connectivity index (χ4n) is 2.77. The minimum atomic E-state index is -0.0664. The molecule has 3 rings (SSSR count). The second kappa shape index (κ2) is 7.77. The molecule has 1 heterocycles. The summed E-state index contributed by atoms with van der Waals surface area (Å²) in [6.45, 7) is 1.62. The fraction of sp³-hybridized carbons (Fsp3) is 0.200. The molecule has 3 aromatic rings. The molecule has 0 aliphatic rings. The number of benzene rings is 2. The Balaban J connectivity index is 1.60. The molecule has 0 spiro atoms. The summed E-state index contributed by atoms with van der Waals surface area (Å²) in [6.07, 6.45) is 0. The van der Waals surface area contributed by atoms with Crippen molar-refractivity contribution in [3.05, 3.63) is 77.5 Å². The van der Waals surface area contributed by atoms with E-state index in [9.17, 15) is 4.79 Å². The van der Waals surface area contributed by atoms with Crippen LogP contribution in [0.3, 0.4) is 0 Å². The lowest BCUT2D eigenvalue weighted by Crippen LogP contribution is -3.06. The molecule has 0 saturated heterocycles. The first-order valence-corrected chi connectivity index (χ1v) is 8.29. The highest BCUT2D eigenvalue weighted by Crippen LogP contribution is 2.19. The van der Waals surface area contributed by atoms with Crippen LogP contribution in [0, 0.1) is 0 Å². The van der Waals surface area contributed by atoms with E-state index in [1.807, 2.05) is 60.7 Å². The molecule has 0 bridgehead atoms. The van der Waals surface area contributed by atoms with Crippen LogP contribution in [0.25, 0.3) is 11.3 Å². The van der Waals surface area contributed by atoms with Gasteiger partial charge in [0.25, 0.3) is 5.91 Å². The Labute approximate surface area is 147 Å². The highest BCUT2D eigenvalue weighted by atomic mass is 16.5. The molecule has 25 heavy (non-hydrogen) atoms. The maximum Gasteiger partial charge on any atom is 0.251 e. The van der Waals surface area contributed by atoms with Gasteiger partial charge in [-0.25, -0.2) is 0 Å². The van der Waals surface area contributed by atoms with Gasteiger partial charge in [0, 0.05) is 29.8 Å². The van der Waals surface area contributed by atoms with Crippen LogP contribution in [0.5, 0.6) is 0 Å². The molecule has 0 fully saturated rings. The Morgan fingerprint density at radius 3 is 2.48 bits per heavy atom. The predicted octanol–water partition coefficient (Wildman–Crippen LogP) is 1.92. The van der Waals surface area contributed by atoms with E-state index >= 15 is 0 Å². The van der Waals surface area contributed by atoms with Crippen LogP contribution >= 0.6 is 0 Å². The van der Waals surface area contributed by atoms with Gasteiger partial charge in [0.05, 0.1) is 7.05 Å². The van der Waals surface area contributed by atoms with Gasteiger partial charge in [-0.15, -0.1) is 0 Å². The molecule has 0 aliphatic heterocycles. The minimum Gasteiger partial charge on any atom is -0.356 e. The average Bonchev–Trinajstić information content (AvgIpc) is 3.10. The van der Waals surface area contributed by atoms with Gasteiger partial charge in [0.15, 0.2) is 5.76 Å². The van der Waals surface area contributed by atoms with Crippen molar-refractivity contribution < 1.29 is 14.2 Å². The lowest BCUT2D eigenvalue weighted by molar-refractivity contribution is -0.908. The Hall–Kier alpha value is -2.92. The van der Waals surface area contributed by atoms with E-state index in [0.29, 0.717) is 5.56 Å². The number of quaternary nitrogens is 1. The monoisotopic (exact) mass is 336 g/mol. The number of carbonyl (C=O) groups excluding carboxylic acids is 1. The Kier molecular flexibility index (Phi) is 5.26. The molecule has 0 saturated carbocycles. The zero-order valence-electron chi connectivity index (χ0n) is 14.5. The number of nitrogens with zero attached hydrogens (tertiary/aromatic N) is 1. The number of rotatable bonds is 6. The molecule has 0 aliphatic carbocycles. The van der Waals surface area contributed by atoms with Crippen LogP contribution in [0.2, 0.25) is 0 Å². The molecule has 2 N–H and O–H groups in total. The van der Waals surface area contributed by atoms with Crippen molar-refractivity contribution in [2.45, 2.75) is 13.1 Å². The normalized spacial score (nSPS) is 11.9. The molecule has 0 radical (unpaired) electrons. The van der Waals surface area contributed by atoms with E-state index in [4.69, 9.17) is 4.52 Å². The first-order valence-electron chi connectivity index (χ1n) is 8.29. The van der Waals surface area contributed by atoms with E-state index in [1.165, 1.54) is 10.5 Å². The lowest BCUT2D eigenvalue weighted by Gasteiger charge is -2.12. The largest absolute Gasteiger partial charge is 0.356 e. The third kappa shape index (κ3) is 4.33. The maximum absolute atomic E-state index is 11.6. The Bertz CT molecular complexity index is 826. The SMILES string of the molecule is CNC(=O)c1ccc(C[NH+](C)Cc2cc(-c3ccccc3)on2)cc1. The van der Waals surface area contributed by atoms with Crippen molar-refractivity contribution in [1.29, 1.82) is 0 Å². The van der Waals surface area contributed by atoms with Gasteiger partial charge < -0.3 is 14.7 Å². The summed E-state index contributed by atoms with van der Waals surface area (Å²) in [5.74, 6) is 0.724. The summed E-state index contributed by atoms with van der Waals surface area (Å²) in [6, 6.07) is 19.6. The van der Waals surface area contributed by atoms with Gasteiger partial charge in [-0.3, -0.25) is 4.79 Å². The number of carbonyl (C=O) groups is 1. The van der Waals surface area contributed by atoms with E-state index < -0.39 is 0 Å². The van der Waals surface area contributed by atoms with Gasteiger partial charge in [-0.1, -0.05) is 47.6 Å². The third-order valence-corrected chi connectivity index (χ3v) is 4.05. The summed E-state index contributed by atoms with van der Waals surface area (Å²) < 4.78 is 5.45. The average molecular weight is 336 g/mol. The first-order chi connectivity index (χ1) is 12.2. The smallest absolute Gasteiger partial charge is 0.251 e. The van der Waals surface area contributed by atoms with E-state index in [2.05, 4.69) is 17.5 Å². The van der Waals surface area contributed by atoms with Crippen molar-refractivity contribution in [2.75, 3.05) is 14.1 Å². The van der Waals surface area contributed by atoms with Gasteiger partial charge in [-0.2, -0.15) is 0 Å². The second-order valence-corrected chi connectivity index (χ2v) is 6.14. The number of hydrogen-bond donors (Lipinski definition) is 2. The number of amides is 1. The van der Waals surface area contributed by atoms with E-state index in [1.54, 1.807) is 7.05 Å². The third-order valence-electron chi connectivity index (χ3n) is 4.05. The highest BCUT2D eigenvalue weighted by molar-refractivity contribution is 5.93. The molecule has 1 unspecified atom stereocenters. The standard InChI is InChI=1S/C20H21N3O2/c1-21-20(24)17-10-8-15(9-11-17)13-23(2)14-18-12-19(25-22-18)16-6-4-3-5-7-16/h3-12H,13-14H2,1-2H3,(H,21,24)/p+1. The van der Waals surface area contributed by atoms with Crippen molar-refractivity contribution in [3.63, 3.8) is 0 Å². The van der Waals surface area contributed by atoms with E-state index in [0.717, 1.165) is 30.1 Å². The summed E-state index contributed by atoms with van der Waals surface area (Å²) >= 11 is 0. The molecule has 128 valence electrons. The quantitative estimate of drug-likeness (QED) is 0.723. The molecule has 1 amide bonds. The fourth-order valence-corrected chi connectivity index (χ4v) is 2.77. The van der Waals surface area contributed by atoms with Gasteiger partial charge in [0.1, 0.15) is 18.8 Å². The van der Waals surface area contributed by atoms with Crippen LogP contribution in [-0.4, -0.2) is 25.2 Å². The van der Waals surface area contributed by atoms with Gasteiger partial charge in [0.2, 0.25) is 0 Å². The van der Waals surface area contributed by atoms with Gasteiger partial charge >= 0.3 is 0 Å². The van der Waals surface area contributed by atoms with Crippen LogP contribution < -0.4 is 10.2 Å². The summed E-state index contributed by atoms with van der Waals surface area (Å²) in [7, 11) is 3.75. The van der Waals surface area contributed by atoms with Crippen LogP contribution in [0.1, 0.15) is 21.6 Å². The topological polar surface area (TPSA) is 59.6 Å². The molecule has 1 atom stereocenters. The Morgan fingerprint density at radius 2 is 1.80 bits per heavy atom. The van der Waals surface area contributed by atoms with Crippen molar-refractivity contribution >= 4 is 5.91 Å². The number of aromatic nitrogens is 1. The zero-order chi connectivity index (χ0) is 17.6. The zero-order valence-corrected chi connectivity index (χ0v) is 14.5. The van der Waals surface area contributed by atoms with Crippen molar-refractivity contribution in [3.8, 4) is 11.3 Å². The minimum absolute atomic E-state index is 0.0664. The molecular formula is C20H22N3O2+. The van der Waals surface area contributed by atoms with Gasteiger partial charge in [-0.05, 0) is 12.1 Å². The number of nitrogens with one attached hydrogen (secondary N) is 2. The summed E-state index contributed by atoms with van der Waals surface area (Å²) in [5, 5.41) is 6.80. The van der Waals surface area contributed by atoms with Crippen molar-refractivity contribution in [2.24, 2.45) is 0 Å². The highest BCUT2D eigenvalue weighted by Gasteiger charge is 2.12. The van der Waals surface area contributed by atoms with E-state index in [-0.39, 0.29) is 5.91 Å². The van der Waals surface area contributed by atoms with Crippen LogP contribution in [-0.2, 0) is 13.1 Å². The molecule has 1 aromatic heterocycles. The number of hydrogen-bond acceptors (Lipinski definition) is 3. The molecule has 2 aromatic carbocycles. The second-order valence-electron chi connectivity index (χ2n) is 6.14. The van der Waals surface area contributed by atoms with Crippen LogP contribution in [0.4, 0.5) is 0 Å². The van der Waals surface area contributed by atoms with Crippen LogP contribution in [0.15, 0.2) is 65.2 Å². The van der Waals surface area contributed by atoms with Crippen molar-refractivity contribution in [1.82, 2.24) is 10.5 Å². The first kappa shape index (κ1) is 16.9.